The highest BCUT2D eigenvalue weighted by Crippen LogP contribution is 2.28. The third kappa shape index (κ3) is 2.90. The summed E-state index contributed by atoms with van der Waals surface area (Å²) in [4.78, 5) is 3.37. The van der Waals surface area contributed by atoms with Crippen LogP contribution >= 0.6 is 0 Å². The summed E-state index contributed by atoms with van der Waals surface area (Å²) in [5.41, 5.74) is 2.80. The molecule has 1 aromatic heterocycles. The van der Waals surface area contributed by atoms with Crippen LogP contribution in [0, 0.1) is 13.8 Å². The Morgan fingerprint density at radius 1 is 1.04 bits per heavy atom. The van der Waals surface area contributed by atoms with Crippen molar-refractivity contribution in [3.8, 4) is 5.75 Å². The van der Waals surface area contributed by atoms with Gasteiger partial charge in [0.1, 0.15) is 5.75 Å². The molecular weight excluding hydrogens is 312 g/mol. The Bertz CT molecular complexity index is 951. The number of aromatic amines is 1. The van der Waals surface area contributed by atoms with Crippen LogP contribution in [-0.4, -0.2) is 20.5 Å². The van der Waals surface area contributed by atoms with E-state index in [9.17, 15) is 8.42 Å². The number of sulfonamides is 1. The van der Waals surface area contributed by atoms with Crippen molar-refractivity contribution in [1.29, 1.82) is 0 Å². The van der Waals surface area contributed by atoms with E-state index in [2.05, 4.69) is 9.71 Å². The van der Waals surface area contributed by atoms with Gasteiger partial charge in [0.05, 0.1) is 12.0 Å². The third-order valence-electron chi connectivity index (χ3n) is 3.74. The number of ether oxygens (including phenoxy) is 1. The van der Waals surface area contributed by atoms with Crippen molar-refractivity contribution < 1.29 is 13.2 Å². The number of methoxy groups -OCH3 is 1. The van der Waals surface area contributed by atoms with E-state index < -0.39 is 10.0 Å². The molecule has 0 saturated heterocycles. The number of aryl methyl sites for hydroxylation is 2. The molecule has 6 heteroatoms. The van der Waals surface area contributed by atoms with Crippen molar-refractivity contribution in [3.05, 3.63) is 53.7 Å². The molecule has 0 fully saturated rings. The molecule has 0 atom stereocenters. The number of H-pyrrole nitrogens is 1. The monoisotopic (exact) mass is 330 g/mol. The van der Waals surface area contributed by atoms with E-state index in [4.69, 9.17) is 4.74 Å². The molecule has 0 spiro atoms. The molecule has 0 unspecified atom stereocenters. The molecule has 1 heterocycles. The van der Waals surface area contributed by atoms with E-state index in [1.807, 2.05) is 18.3 Å². The Morgan fingerprint density at radius 2 is 1.74 bits per heavy atom. The molecule has 2 aromatic carbocycles. The first-order chi connectivity index (χ1) is 10.9. The summed E-state index contributed by atoms with van der Waals surface area (Å²) in [6, 6.07) is 10.7. The minimum absolute atomic E-state index is 0.285. The highest BCUT2D eigenvalue weighted by molar-refractivity contribution is 7.92. The third-order valence-corrected chi connectivity index (χ3v) is 5.43. The zero-order valence-corrected chi connectivity index (χ0v) is 14.0. The molecule has 0 amide bonds. The van der Waals surface area contributed by atoms with Crippen LogP contribution in [0.1, 0.15) is 11.1 Å². The second kappa shape index (κ2) is 5.62. The van der Waals surface area contributed by atoms with Gasteiger partial charge < -0.3 is 9.72 Å². The molecule has 0 radical (unpaired) electrons. The topological polar surface area (TPSA) is 71.2 Å². The zero-order chi connectivity index (χ0) is 16.6. The molecule has 3 rings (SSSR count). The van der Waals surface area contributed by atoms with Gasteiger partial charge in [-0.1, -0.05) is 0 Å². The Balaban J connectivity index is 2.01. The maximum absolute atomic E-state index is 12.8. The molecule has 23 heavy (non-hydrogen) atoms. The molecule has 0 aliphatic carbocycles. The van der Waals surface area contributed by atoms with Crippen LogP contribution in [0.2, 0.25) is 0 Å². The Morgan fingerprint density at radius 3 is 2.39 bits per heavy atom. The number of hydrogen-bond donors (Lipinski definition) is 2. The number of rotatable bonds is 4. The Hall–Kier alpha value is -2.47. The lowest BCUT2D eigenvalue weighted by molar-refractivity contribution is 0.413. The first-order valence-electron chi connectivity index (χ1n) is 7.16. The highest BCUT2D eigenvalue weighted by atomic mass is 32.2. The molecule has 120 valence electrons. The number of benzene rings is 2. The lowest BCUT2D eigenvalue weighted by Gasteiger charge is -2.14. The van der Waals surface area contributed by atoms with Crippen molar-refractivity contribution in [3.63, 3.8) is 0 Å². The van der Waals surface area contributed by atoms with Crippen molar-refractivity contribution in [2.24, 2.45) is 0 Å². The summed E-state index contributed by atoms with van der Waals surface area (Å²) in [6.45, 7) is 3.53. The van der Waals surface area contributed by atoms with Crippen LogP contribution in [0.3, 0.4) is 0 Å². The SMILES string of the molecule is COc1cc(C)c(S(=O)(=O)Nc2ccc3[nH]ccc3c2)c(C)c1. The van der Waals surface area contributed by atoms with Crippen LogP contribution in [-0.2, 0) is 10.0 Å². The van der Waals surface area contributed by atoms with Gasteiger partial charge in [-0.3, -0.25) is 4.72 Å². The number of aromatic nitrogens is 1. The predicted molar refractivity (Wildman–Crippen MR) is 91.6 cm³/mol. The second-order valence-electron chi connectivity index (χ2n) is 5.48. The largest absolute Gasteiger partial charge is 0.497 e. The number of nitrogens with one attached hydrogen (secondary N) is 2. The van der Waals surface area contributed by atoms with Gasteiger partial charge in [-0.25, -0.2) is 8.42 Å². The van der Waals surface area contributed by atoms with E-state index >= 15 is 0 Å². The summed E-state index contributed by atoms with van der Waals surface area (Å²) in [7, 11) is -2.10. The molecule has 5 nitrogen and oxygen atoms in total. The summed E-state index contributed by atoms with van der Waals surface area (Å²) in [6.07, 6.45) is 1.82. The minimum atomic E-state index is -3.67. The van der Waals surface area contributed by atoms with E-state index in [1.54, 1.807) is 45.2 Å². The van der Waals surface area contributed by atoms with Crippen LogP contribution in [0.5, 0.6) is 5.75 Å². The van der Waals surface area contributed by atoms with Crippen molar-refractivity contribution in [2.45, 2.75) is 18.7 Å². The summed E-state index contributed by atoms with van der Waals surface area (Å²) >= 11 is 0. The lowest BCUT2D eigenvalue weighted by Crippen LogP contribution is -2.15. The van der Waals surface area contributed by atoms with Gasteiger partial charge in [-0.15, -0.1) is 0 Å². The molecule has 0 bridgehead atoms. The Kier molecular flexibility index (Phi) is 3.77. The molecular formula is C17H18N2O3S. The molecule has 0 aliphatic heterocycles. The van der Waals surface area contributed by atoms with Gasteiger partial charge in [-0.2, -0.15) is 0 Å². The quantitative estimate of drug-likeness (QED) is 0.768. The van der Waals surface area contributed by atoms with Crippen molar-refractivity contribution in [1.82, 2.24) is 4.98 Å². The predicted octanol–water partition coefficient (Wildman–Crippen LogP) is 3.59. The number of hydrogen-bond acceptors (Lipinski definition) is 3. The summed E-state index contributed by atoms with van der Waals surface area (Å²) in [5.74, 6) is 0.646. The van der Waals surface area contributed by atoms with Crippen molar-refractivity contribution in [2.75, 3.05) is 11.8 Å². The van der Waals surface area contributed by atoms with Gasteiger partial charge in [0, 0.05) is 22.8 Å². The highest BCUT2D eigenvalue weighted by Gasteiger charge is 2.20. The molecule has 3 aromatic rings. The second-order valence-corrected chi connectivity index (χ2v) is 7.09. The molecule has 0 aliphatic rings. The number of anilines is 1. The van der Waals surface area contributed by atoms with Gasteiger partial charge in [0.25, 0.3) is 10.0 Å². The first kappa shape index (κ1) is 15.4. The van der Waals surface area contributed by atoms with Crippen LogP contribution in [0.15, 0.2) is 47.5 Å². The fraction of sp³-hybridized carbons (Fsp3) is 0.176. The van der Waals surface area contributed by atoms with Gasteiger partial charge in [0.2, 0.25) is 0 Å². The first-order valence-corrected chi connectivity index (χ1v) is 8.64. The van der Waals surface area contributed by atoms with Gasteiger partial charge in [-0.05, 0) is 61.4 Å². The molecule has 2 N–H and O–H groups in total. The smallest absolute Gasteiger partial charge is 0.262 e. The standard InChI is InChI=1S/C17H18N2O3S/c1-11-8-15(22-3)9-12(2)17(11)23(20,21)19-14-4-5-16-13(10-14)6-7-18-16/h4-10,18-19H,1-3H3. The van der Waals surface area contributed by atoms with Crippen LogP contribution in [0.4, 0.5) is 5.69 Å². The zero-order valence-electron chi connectivity index (χ0n) is 13.2. The van der Waals surface area contributed by atoms with Crippen LogP contribution < -0.4 is 9.46 Å². The van der Waals surface area contributed by atoms with Crippen LogP contribution in [0.25, 0.3) is 10.9 Å². The average molecular weight is 330 g/mol. The fourth-order valence-electron chi connectivity index (χ4n) is 2.78. The van der Waals surface area contributed by atoms with Crippen molar-refractivity contribution >= 4 is 26.6 Å². The van der Waals surface area contributed by atoms with E-state index in [0.717, 1.165) is 10.9 Å². The molecule has 0 saturated carbocycles. The normalized spacial score (nSPS) is 11.6. The average Bonchev–Trinajstić information content (AvgIpc) is 2.93. The summed E-state index contributed by atoms with van der Waals surface area (Å²) in [5, 5.41) is 0.952. The lowest BCUT2D eigenvalue weighted by atomic mass is 10.1. The van der Waals surface area contributed by atoms with Gasteiger partial charge >= 0.3 is 0 Å². The van der Waals surface area contributed by atoms with E-state index in [-0.39, 0.29) is 4.90 Å². The number of fused-ring (bicyclic) bond motifs is 1. The fourth-order valence-corrected chi connectivity index (χ4v) is 4.28. The maximum Gasteiger partial charge on any atom is 0.262 e. The summed E-state index contributed by atoms with van der Waals surface area (Å²) < 4.78 is 33.4. The Labute approximate surface area is 135 Å². The minimum Gasteiger partial charge on any atom is -0.497 e. The van der Waals surface area contributed by atoms with Gasteiger partial charge in [0.15, 0.2) is 0 Å². The van der Waals surface area contributed by atoms with E-state index in [0.29, 0.717) is 22.6 Å². The maximum atomic E-state index is 12.8. The van der Waals surface area contributed by atoms with E-state index in [1.165, 1.54) is 0 Å².